The van der Waals surface area contributed by atoms with Gasteiger partial charge in [0.1, 0.15) is 5.78 Å². The fourth-order valence-corrected chi connectivity index (χ4v) is 0.681. The largest absolute Gasteiger partial charge is 0.300 e. The predicted octanol–water partition coefficient (Wildman–Crippen LogP) is 0.353. The van der Waals surface area contributed by atoms with E-state index < -0.39 is 11.8 Å². The van der Waals surface area contributed by atoms with Crippen LogP contribution in [0.4, 0.5) is 0 Å². The van der Waals surface area contributed by atoms with E-state index in [9.17, 15) is 9.59 Å². The zero-order chi connectivity index (χ0) is 9.02. The summed E-state index contributed by atoms with van der Waals surface area (Å²) in [4.78, 5) is 21.5. The predicted molar refractivity (Wildman–Crippen MR) is 38.9 cm³/mol. The summed E-state index contributed by atoms with van der Waals surface area (Å²) in [6.07, 6.45) is 0. The fraction of sp³-hybridized carbons (Fsp3) is 0.714. The van der Waals surface area contributed by atoms with Crippen LogP contribution in [0.25, 0.3) is 0 Å². The second kappa shape index (κ2) is 4.08. The van der Waals surface area contributed by atoms with Crippen LogP contribution in [-0.4, -0.2) is 16.9 Å². The Bertz CT molecular complexity index is 167. The average Bonchev–Trinajstić information content (AvgIpc) is 2.00. The monoisotopic (exact) mass is 159 g/mol. The van der Waals surface area contributed by atoms with Gasteiger partial charge in [0.05, 0.1) is 0 Å². The molecular weight excluding hydrogens is 146 g/mol. The van der Waals surface area contributed by atoms with Crippen molar-refractivity contribution in [2.45, 2.75) is 20.8 Å². The average molecular weight is 159 g/mol. The maximum absolute atomic E-state index is 10.7. The second-order valence-electron chi connectivity index (χ2n) is 2.66. The van der Waals surface area contributed by atoms with Crippen LogP contribution in [0.15, 0.2) is 0 Å². The van der Waals surface area contributed by atoms with Crippen molar-refractivity contribution in [2.75, 3.05) is 0 Å². The smallest absolute Gasteiger partial charge is 0.246 e. The van der Waals surface area contributed by atoms with E-state index >= 15 is 0 Å². The van der Waals surface area contributed by atoms with Crippen LogP contribution >= 0.6 is 0 Å². The van der Waals surface area contributed by atoms with Gasteiger partial charge in [-0.15, -0.1) is 0 Å². The van der Waals surface area contributed by atoms with E-state index in [0.29, 0.717) is 0 Å². The van der Waals surface area contributed by atoms with Crippen molar-refractivity contribution in [3.8, 4) is 0 Å². The molecule has 4 nitrogen and oxygen atoms in total. The normalized spacial score (nSPS) is 15.3. The Kier molecular flexibility index (Phi) is 3.74. The number of nitrogens with one attached hydrogen (secondary N) is 1. The van der Waals surface area contributed by atoms with Crippen molar-refractivity contribution < 1.29 is 14.8 Å². The Labute approximate surface area is 65.6 Å². The Morgan fingerprint density at radius 3 is 2.00 bits per heavy atom. The molecule has 0 aliphatic rings. The quantitative estimate of drug-likeness (QED) is 0.461. The molecule has 0 heterocycles. The van der Waals surface area contributed by atoms with Crippen LogP contribution < -0.4 is 5.48 Å². The highest BCUT2D eigenvalue weighted by Crippen LogP contribution is 2.11. The summed E-state index contributed by atoms with van der Waals surface area (Å²) in [7, 11) is 0. The van der Waals surface area contributed by atoms with Crippen molar-refractivity contribution in [3.05, 3.63) is 0 Å². The summed E-state index contributed by atoms with van der Waals surface area (Å²) in [5.41, 5.74) is 1.51. The van der Waals surface area contributed by atoms with Crippen molar-refractivity contribution in [3.63, 3.8) is 0 Å². The molecule has 0 saturated heterocycles. The van der Waals surface area contributed by atoms with E-state index in [0.717, 1.165) is 0 Å². The molecule has 0 saturated carbocycles. The van der Waals surface area contributed by atoms with E-state index in [-0.39, 0.29) is 11.7 Å². The van der Waals surface area contributed by atoms with Gasteiger partial charge in [0.25, 0.3) is 0 Å². The minimum atomic E-state index is -0.521. The summed E-state index contributed by atoms with van der Waals surface area (Å²) in [6, 6.07) is 0. The van der Waals surface area contributed by atoms with Crippen molar-refractivity contribution in [2.24, 2.45) is 11.8 Å². The summed E-state index contributed by atoms with van der Waals surface area (Å²) in [5, 5.41) is 8.23. The lowest BCUT2D eigenvalue weighted by atomic mass is 9.92. The highest BCUT2D eigenvalue weighted by atomic mass is 16.5. The molecule has 0 radical (unpaired) electrons. The molecule has 0 aromatic heterocycles. The molecule has 0 fully saturated rings. The first kappa shape index (κ1) is 10.1. The lowest BCUT2D eigenvalue weighted by Crippen LogP contribution is -2.32. The van der Waals surface area contributed by atoms with Crippen LogP contribution in [0.5, 0.6) is 0 Å². The van der Waals surface area contributed by atoms with E-state index in [4.69, 9.17) is 5.21 Å². The number of amides is 1. The number of Topliss-reactive ketones (excluding diaryl/α,β-unsaturated/α-hetero) is 1. The molecule has 0 aromatic carbocycles. The van der Waals surface area contributed by atoms with Gasteiger partial charge in [0.2, 0.25) is 5.91 Å². The number of ketones is 1. The molecule has 2 N–H and O–H groups in total. The number of hydrogen-bond donors (Lipinski definition) is 2. The van der Waals surface area contributed by atoms with Gasteiger partial charge >= 0.3 is 0 Å². The summed E-state index contributed by atoms with van der Waals surface area (Å²) >= 11 is 0. The van der Waals surface area contributed by atoms with E-state index in [1.165, 1.54) is 12.4 Å². The van der Waals surface area contributed by atoms with Gasteiger partial charge < -0.3 is 0 Å². The number of carbonyl (C=O) groups is 2. The second-order valence-corrected chi connectivity index (χ2v) is 2.66. The lowest BCUT2D eigenvalue weighted by molar-refractivity contribution is -0.137. The molecule has 11 heavy (non-hydrogen) atoms. The fourth-order valence-electron chi connectivity index (χ4n) is 0.681. The maximum Gasteiger partial charge on any atom is 0.246 e. The third-order valence-corrected chi connectivity index (χ3v) is 1.91. The Hall–Kier alpha value is -0.900. The van der Waals surface area contributed by atoms with E-state index in [2.05, 4.69) is 0 Å². The van der Waals surface area contributed by atoms with Crippen LogP contribution in [0.2, 0.25) is 0 Å². The molecule has 1 amide bonds. The Morgan fingerprint density at radius 2 is 1.73 bits per heavy atom. The number of rotatable bonds is 3. The third-order valence-electron chi connectivity index (χ3n) is 1.91. The SMILES string of the molecule is CC(=O)[C@H](C)[C@H](C)C(=O)NO. The van der Waals surface area contributed by atoms with Crippen molar-refractivity contribution >= 4 is 11.7 Å². The van der Waals surface area contributed by atoms with Crippen LogP contribution in [0.1, 0.15) is 20.8 Å². The van der Waals surface area contributed by atoms with E-state index in [1.807, 2.05) is 0 Å². The van der Waals surface area contributed by atoms with Crippen molar-refractivity contribution in [1.29, 1.82) is 0 Å². The van der Waals surface area contributed by atoms with Gasteiger partial charge in [-0.2, -0.15) is 0 Å². The van der Waals surface area contributed by atoms with Gasteiger partial charge in [-0.3, -0.25) is 14.8 Å². The zero-order valence-electron chi connectivity index (χ0n) is 6.92. The minimum Gasteiger partial charge on any atom is -0.300 e. The Morgan fingerprint density at radius 1 is 1.27 bits per heavy atom. The Balaban J connectivity index is 4.12. The molecule has 0 aromatic rings. The maximum atomic E-state index is 10.7. The van der Waals surface area contributed by atoms with Gasteiger partial charge in [-0.05, 0) is 6.92 Å². The van der Waals surface area contributed by atoms with Crippen LogP contribution in [0.3, 0.4) is 0 Å². The summed E-state index contributed by atoms with van der Waals surface area (Å²) < 4.78 is 0. The van der Waals surface area contributed by atoms with Crippen LogP contribution in [0, 0.1) is 11.8 Å². The standard InChI is InChI=1S/C7H13NO3/c1-4(6(3)9)5(2)7(10)8-11/h4-5,11H,1-3H3,(H,8,10)/t4-,5+/m1/s1. The van der Waals surface area contributed by atoms with Crippen LogP contribution in [-0.2, 0) is 9.59 Å². The van der Waals surface area contributed by atoms with Gasteiger partial charge in [-0.1, -0.05) is 13.8 Å². The van der Waals surface area contributed by atoms with Gasteiger partial charge in [-0.25, -0.2) is 5.48 Å². The third kappa shape index (κ3) is 2.67. The van der Waals surface area contributed by atoms with Gasteiger partial charge in [0.15, 0.2) is 0 Å². The molecule has 4 heteroatoms. The molecular formula is C7H13NO3. The molecule has 0 aliphatic carbocycles. The first-order valence-corrected chi connectivity index (χ1v) is 3.45. The molecule has 0 aliphatic heterocycles. The lowest BCUT2D eigenvalue weighted by Gasteiger charge is -2.13. The molecule has 0 rings (SSSR count). The first-order valence-electron chi connectivity index (χ1n) is 3.45. The first-order chi connectivity index (χ1) is 5.00. The molecule has 0 spiro atoms. The zero-order valence-corrected chi connectivity index (χ0v) is 6.92. The molecule has 0 bridgehead atoms. The number of carbonyl (C=O) groups excluding carboxylic acids is 2. The molecule has 64 valence electrons. The topological polar surface area (TPSA) is 66.4 Å². The highest BCUT2D eigenvalue weighted by molar-refractivity contribution is 5.86. The molecule has 2 atom stereocenters. The minimum absolute atomic E-state index is 0.0545. The van der Waals surface area contributed by atoms with Crippen molar-refractivity contribution in [1.82, 2.24) is 5.48 Å². The summed E-state index contributed by atoms with van der Waals surface area (Å²) in [5.74, 6) is -1.39. The number of hydroxylamine groups is 1. The number of hydrogen-bond acceptors (Lipinski definition) is 3. The van der Waals surface area contributed by atoms with E-state index in [1.54, 1.807) is 13.8 Å². The molecule has 0 unspecified atom stereocenters. The summed E-state index contributed by atoms with van der Waals surface area (Å²) in [6.45, 7) is 4.67. The highest BCUT2D eigenvalue weighted by Gasteiger charge is 2.22. The van der Waals surface area contributed by atoms with Gasteiger partial charge in [0, 0.05) is 11.8 Å².